The molecule has 0 aromatic carbocycles. The number of rotatable bonds is 5. The molecule has 3 aromatic rings. The zero-order valence-electron chi connectivity index (χ0n) is 17.7. The maximum Gasteiger partial charge on any atom is 0.234 e. The fourth-order valence-electron chi connectivity index (χ4n) is 5.71. The van der Waals surface area contributed by atoms with Gasteiger partial charge in [-0.3, -0.25) is 9.88 Å². The second-order valence-corrected chi connectivity index (χ2v) is 9.15. The third kappa shape index (κ3) is 3.39. The number of fused-ring (bicyclic) bond motifs is 1. The Kier molecular flexibility index (Phi) is 4.67. The number of hydrogen-bond acceptors (Lipinski definition) is 8. The van der Waals surface area contributed by atoms with Crippen molar-refractivity contribution in [1.82, 2.24) is 30.0 Å². The lowest BCUT2D eigenvalue weighted by Gasteiger charge is -2.24. The van der Waals surface area contributed by atoms with Gasteiger partial charge in [0.2, 0.25) is 11.7 Å². The van der Waals surface area contributed by atoms with Crippen LogP contribution in [-0.2, 0) is 12.0 Å². The number of aromatic nitrogens is 5. The van der Waals surface area contributed by atoms with Crippen molar-refractivity contribution in [3.05, 3.63) is 48.4 Å². The van der Waals surface area contributed by atoms with Crippen molar-refractivity contribution in [1.29, 1.82) is 0 Å². The lowest BCUT2D eigenvalue weighted by atomic mass is 9.80. The van der Waals surface area contributed by atoms with E-state index in [1.165, 1.54) is 31.2 Å². The topological polar surface area (TPSA) is 84.1 Å². The molecule has 2 aliphatic heterocycles. The van der Waals surface area contributed by atoms with E-state index in [2.05, 4.69) is 37.1 Å². The van der Waals surface area contributed by atoms with Crippen LogP contribution in [0.5, 0.6) is 0 Å². The van der Waals surface area contributed by atoms with E-state index in [-0.39, 0.29) is 5.41 Å². The van der Waals surface area contributed by atoms with Gasteiger partial charge in [-0.2, -0.15) is 4.98 Å². The minimum Gasteiger partial charge on any atom is -0.357 e. The Balaban J connectivity index is 1.19. The Morgan fingerprint density at radius 1 is 1.06 bits per heavy atom. The average molecular weight is 418 g/mol. The Bertz CT molecular complexity index is 1030. The average Bonchev–Trinajstić information content (AvgIpc) is 3.58. The first-order valence-electron chi connectivity index (χ1n) is 11.3. The zero-order valence-corrected chi connectivity index (χ0v) is 17.7. The van der Waals surface area contributed by atoms with Gasteiger partial charge in [0.15, 0.2) is 0 Å². The number of pyridine rings is 1. The van der Waals surface area contributed by atoms with Crippen molar-refractivity contribution in [3.63, 3.8) is 0 Å². The van der Waals surface area contributed by atoms with Crippen LogP contribution >= 0.6 is 0 Å². The van der Waals surface area contributed by atoms with Crippen LogP contribution in [0.25, 0.3) is 11.5 Å². The Morgan fingerprint density at radius 2 is 2.00 bits per heavy atom. The summed E-state index contributed by atoms with van der Waals surface area (Å²) in [5, 5.41) is 4.22. The smallest absolute Gasteiger partial charge is 0.234 e. The van der Waals surface area contributed by atoms with Crippen molar-refractivity contribution in [3.8, 4) is 11.5 Å². The molecule has 3 fully saturated rings. The van der Waals surface area contributed by atoms with Gasteiger partial charge in [0.05, 0.1) is 11.6 Å². The minimum absolute atomic E-state index is 0.0453. The monoisotopic (exact) mass is 417 g/mol. The first-order valence-corrected chi connectivity index (χ1v) is 11.3. The molecular formula is C23H27N7O. The molecule has 8 nitrogen and oxygen atoms in total. The first kappa shape index (κ1) is 18.9. The number of hydrogen-bond donors (Lipinski definition) is 0. The molecule has 0 spiro atoms. The van der Waals surface area contributed by atoms with Gasteiger partial charge in [0.1, 0.15) is 11.5 Å². The lowest BCUT2D eigenvalue weighted by Crippen LogP contribution is -2.32. The van der Waals surface area contributed by atoms with Crippen molar-refractivity contribution < 1.29 is 4.52 Å². The first-order chi connectivity index (χ1) is 15.3. The molecule has 0 N–H and O–H groups in total. The third-order valence-corrected chi connectivity index (χ3v) is 7.23. The predicted molar refractivity (Wildman–Crippen MR) is 115 cm³/mol. The molecule has 160 valence electrons. The normalized spacial score (nSPS) is 25.9. The second kappa shape index (κ2) is 7.67. The largest absolute Gasteiger partial charge is 0.357 e. The van der Waals surface area contributed by atoms with Crippen molar-refractivity contribution in [2.75, 3.05) is 31.1 Å². The zero-order chi connectivity index (χ0) is 20.7. The van der Waals surface area contributed by atoms with Crippen LogP contribution in [0.4, 0.5) is 5.82 Å². The molecule has 5 heterocycles. The van der Waals surface area contributed by atoms with Gasteiger partial charge < -0.3 is 9.42 Å². The maximum absolute atomic E-state index is 5.81. The molecule has 8 heteroatoms. The maximum atomic E-state index is 5.81. The highest BCUT2D eigenvalue weighted by Gasteiger charge is 2.54. The van der Waals surface area contributed by atoms with Gasteiger partial charge in [-0.05, 0) is 43.2 Å². The standard InChI is InChI=1S/C23H27N7O/c1-2-11-30(10-1)20-6-5-17(12-26-20)14-29-15-18-4-3-7-23(18,16-29)22-27-21(28-31-22)19-13-24-8-9-25-19/h5-6,8-9,12-13,18H,1-4,7,10-11,14-16H2/t18-,23-/m1/s1. The van der Waals surface area contributed by atoms with Crippen LogP contribution in [0.15, 0.2) is 41.4 Å². The van der Waals surface area contributed by atoms with Crippen LogP contribution < -0.4 is 4.90 Å². The van der Waals surface area contributed by atoms with Crippen molar-refractivity contribution >= 4 is 5.82 Å². The molecule has 0 amide bonds. The summed E-state index contributed by atoms with van der Waals surface area (Å²) in [5.41, 5.74) is 1.88. The lowest BCUT2D eigenvalue weighted by molar-refractivity contribution is 0.245. The van der Waals surface area contributed by atoms with Crippen LogP contribution in [0.3, 0.4) is 0 Å². The van der Waals surface area contributed by atoms with Gasteiger partial charge in [0, 0.05) is 51.3 Å². The summed E-state index contributed by atoms with van der Waals surface area (Å²) in [4.78, 5) is 22.8. The van der Waals surface area contributed by atoms with Crippen LogP contribution in [0.2, 0.25) is 0 Å². The minimum atomic E-state index is -0.0453. The predicted octanol–water partition coefficient (Wildman–Crippen LogP) is 3.08. The summed E-state index contributed by atoms with van der Waals surface area (Å²) in [5.74, 6) is 2.96. The van der Waals surface area contributed by atoms with Crippen LogP contribution in [-0.4, -0.2) is 56.2 Å². The van der Waals surface area contributed by atoms with Gasteiger partial charge in [-0.1, -0.05) is 17.6 Å². The summed E-state index contributed by atoms with van der Waals surface area (Å²) < 4.78 is 5.81. The molecular weight excluding hydrogens is 390 g/mol. The highest BCUT2D eigenvalue weighted by molar-refractivity contribution is 5.46. The highest BCUT2D eigenvalue weighted by atomic mass is 16.5. The van der Waals surface area contributed by atoms with Crippen LogP contribution in [0.1, 0.15) is 43.6 Å². The molecule has 2 saturated heterocycles. The molecule has 0 bridgehead atoms. The second-order valence-electron chi connectivity index (χ2n) is 9.15. The van der Waals surface area contributed by atoms with E-state index in [9.17, 15) is 0 Å². The molecule has 1 aliphatic carbocycles. The molecule has 3 aliphatic rings. The van der Waals surface area contributed by atoms with E-state index in [0.717, 1.165) is 50.9 Å². The van der Waals surface area contributed by atoms with E-state index in [4.69, 9.17) is 14.5 Å². The molecule has 1 saturated carbocycles. The highest BCUT2D eigenvalue weighted by Crippen LogP contribution is 2.50. The van der Waals surface area contributed by atoms with E-state index < -0.39 is 0 Å². The number of likely N-dealkylation sites (tertiary alicyclic amines) is 1. The summed E-state index contributed by atoms with van der Waals surface area (Å²) in [6.45, 7) is 5.19. The Morgan fingerprint density at radius 3 is 2.81 bits per heavy atom. The molecule has 6 rings (SSSR count). The molecule has 0 radical (unpaired) electrons. The fraction of sp³-hybridized carbons (Fsp3) is 0.522. The van der Waals surface area contributed by atoms with Gasteiger partial charge in [-0.25, -0.2) is 9.97 Å². The van der Waals surface area contributed by atoms with E-state index in [0.29, 0.717) is 17.4 Å². The summed E-state index contributed by atoms with van der Waals surface area (Å²) in [6.07, 6.45) is 13.1. The third-order valence-electron chi connectivity index (χ3n) is 7.23. The fourth-order valence-corrected chi connectivity index (χ4v) is 5.71. The molecule has 31 heavy (non-hydrogen) atoms. The van der Waals surface area contributed by atoms with Crippen molar-refractivity contribution in [2.45, 2.75) is 44.1 Å². The summed E-state index contributed by atoms with van der Waals surface area (Å²) >= 11 is 0. The summed E-state index contributed by atoms with van der Waals surface area (Å²) in [6, 6.07) is 4.42. The Hall–Kier alpha value is -2.87. The number of anilines is 1. The van der Waals surface area contributed by atoms with E-state index >= 15 is 0 Å². The Labute approximate surface area is 181 Å². The van der Waals surface area contributed by atoms with Crippen LogP contribution in [0, 0.1) is 5.92 Å². The van der Waals surface area contributed by atoms with Gasteiger partial charge in [0.25, 0.3) is 0 Å². The van der Waals surface area contributed by atoms with Gasteiger partial charge >= 0.3 is 0 Å². The summed E-state index contributed by atoms with van der Waals surface area (Å²) in [7, 11) is 0. The molecule has 2 atom stereocenters. The van der Waals surface area contributed by atoms with E-state index in [1.807, 2.05) is 6.20 Å². The van der Waals surface area contributed by atoms with Gasteiger partial charge in [-0.15, -0.1) is 0 Å². The molecule has 0 unspecified atom stereocenters. The van der Waals surface area contributed by atoms with Crippen molar-refractivity contribution in [2.24, 2.45) is 5.92 Å². The number of nitrogens with zero attached hydrogens (tertiary/aromatic N) is 7. The van der Waals surface area contributed by atoms with E-state index in [1.54, 1.807) is 18.6 Å². The quantitative estimate of drug-likeness (QED) is 0.626. The molecule has 3 aromatic heterocycles. The SMILES string of the molecule is c1cnc(-c2noc([C@@]34CCC[C@@H]3CN(Cc3ccc(N5CCCC5)nc3)C4)n2)cn1.